The van der Waals surface area contributed by atoms with Crippen LogP contribution in [0.5, 0.6) is 0 Å². The molecule has 1 aliphatic carbocycles. The minimum Gasteiger partial charge on any atom is -0.396 e. The van der Waals surface area contributed by atoms with Crippen molar-refractivity contribution in [3.63, 3.8) is 0 Å². The lowest BCUT2D eigenvalue weighted by molar-refractivity contribution is -0.128. The summed E-state index contributed by atoms with van der Waals surface area (Å²) in [6, 6.07) is 13.4. The zero-order valence-electron chi connectivity index (χ0n) is 16.6. The van der Waals surface area contributed by atoms with E-state index in [9.17, 15) is 14.7 Å². The van der Waals surface area contributed by atoms with Gasteiger partial charge in [-0.15, -0.1) is 0 Å². The van der Waals surface area contributed by atoms with E-state index in [1.165, 1.54) is 11.1 Å². The van der Waals surface area contributed by atoms with Gasteiger partial charge in [-0.2, -0.15) is 0 Å². The van der Waals surface area contributed by atoms with Crippen molar-refractivity contribution in [2.75, 3.05) is 13.2 Å². The first-order valence-corrected chi connectivity index (χ1v) is 10.6. The lowest BCUT2D eigenvalue weighted by Crippen LogP contribution is -2.51. The van der Waals surface area contributed by atoms with Crippen molar-refractivity contribution in [1.82, 2.24) is 14.8 Å². The Morgan fingerprint density at radius 3 is 2.52 bits per heavy atom. The highest BCUT2D eigenvalue weighted by Gasteiger charge is 2.55. The Bertz CT molecular complexity index is 976. The summed E-state index contributed by atoms with van der Waals surface area (Å²) >= 11 is 0. The maximum atomic E-state index is 13.4. The van der Waals surface area contributed by atoms with Crippen molar-refractivity contribution in [3.8, 4) is 0 Å². The van der Waals surface area contributed by atoms with Crippen LogP contribution < -0.4 is 10.9 Å². The molecule has 152 valence electrons. The van der Waals surface area contributed by atoms with E-state index < -0.39 is 0 Å². The number of benzene rings is 1. The summed E-state index contributed by atoms with van der Waals surface area (Å²) in [7, 11) is 0. The fourth-order valence-corrected chi connectivity index (χ4v) is 5.88. The highest BCUT2D eigenvalue weighted by Crippen LogP contribution is 2.48. The number of carbonyl (C=O) groups is 1. The van der Waals surface area contributed by atoms with E-state index in [-0.39, 0.29) is 48.0 Å². The van der Waals surface area contributed by atoms with Gasteiger partial charge >= 0.3 is 0 Å². The van der Waals surface area contributed by atoms with Crippen LogP contribution in [0.2, 0.25) is 0 Å². The molecule has 2 N–H and O–H groups in total. The fourth-order valence-electron chi connectivity index (χ4n) is 5.88. The molecule has 1 aromatic heterocycles. The van der Waals surface area contributed by atoms with Crippen LogP contribution in [0.25, 0.3) is 0 Å². The molecule has 2 aromatic rings. The van der Waals surface area contributed by atoms with Gasteiger partial charge in [0.15, 0.2) is 0 Å². The molecule has 3 heterocycles. The van der Waals surface area contributed by atoms with E-state index in [0.717, 1.165) is 18.5 Å². The average Bonchev–Trinajstić information content (AvgIpc) is 3.38. The molecule has 6 nitrogen and oxygen atoms in total. The van der Waals surface area contributed by atoms with Crippen LogP contribution in [0.1, 0.15) is 29.8 Å². The zero-order chi connectivity index (χ0) is 20.1. The number of nitrogens with one attached hydrogen (secondary N) is 1. The molecule has 0 bridgehead atoms. The summed E-state index contributed by atoms with van der Waals surface area (Å²) in [6.07, 6.45) is 1.71. The molecule has 6 heteroatoms. The van der Waals surface area contributed by atoms with Gasteiger partial charge in [-0.05, 0) is 36.6 Å². The maximum Gasteiger partial charge on any atom is 0.250 e. The Balaban J connectivity index is 1.40. The smallest absolute Gasteiger partial charge is 0.250 e. The number of likely N-dealkylation sites (N-methyl/N-ethyl adjacent to an activating group) is 1. The Kier molecular flexibility index (Phi) is 4.56. The minimum atomic E-state index is -0.368. The van der Waals surface area contributed by atoms with Gasteiger partial charge in [0.05, 0.1) is 12.1 Å². The fraction of sp³-hybridized carbons (Fsp3) is 0.478. The first-order valence-electron chi connectivity index (χ1n) is 10.6. The molecule has 3 aliphatic rings. The number of likely N-dealkylation sites (tertiary alicyclic amines) is 1. The number of aromatic nitrogens is 1. The van der Waals surface area contributed by atoms with E-state index in [2.05, 4.69) is 22.3 Å². The summed E-state index contributed by atoms with van der Waals surface area (Å²) in [5.41, 5.74) is 3.57. The minimum absolute atomic E-state index is 0.00238. The van der Waals surface area contributed by atoms with Crippen molar-refractivity contribution in [2.45, 2.75) is 44.4 Å². The molecule has 0 spiro atoms. The summed E-state index contributed by atoms with van der Waals surface area (Å²) in [6.45, 7) is 3.26. The third kappa shape index (κ3) is 2.85. The van der Waals surface area contributed by atoms with Crippen LogP contribution in [-0.2, 0) is 24.2 Å². The SMILES string of the molecule is CCN1[C@H](C(=O)NC2Cc3ccccc3C2)[C@@H](CO)[C@@H]2Cn3c(cccc3=O)[C@@H]21. The standard InChI is InChI=1S/C23H27N3O3/c1-2-25-21-17(12-26-19(21)8-5-9-20(26)28)18(13-27)22(25)23(29)24-16-10-14-6-3-4-7-15(14)11-16/h3-9,16-18,21-22,27H,2,10-13H2,1H3,(H,24,29)/t17-,18-,21+,22-/m0/s1. The lowest BCUT2D eigenvalue weighted by atomic mass is 9.88. The number of pyridine rings is 1. The quantitative estimate of drug-likeness (QED) is 0.816. The third-order valence-electron chi connectivity index (χ3n) is 7.10. The molecule has 5 rings (SSSR count). The summed E-state index contributed by atoms with van der Waals surface area (Å²) in [4.78, 5) is 27.8. The Morgan fingerprint density at radius 1 is 1.14 bits per heavy atom. The second kappa shape index (κ2) is 7.11. The van der Waals surface area contributed by atoms with E-state index in [1.807, 2.05) is 29.7 Å². The number of aliphatic hydroxyl groups excluding tert-OH is 1. The molecule has 0 unspecified atom stereocenters. The molecule has 29 heavy (non-hydrogen) atoms. The molecule has 1 saturated heterocycles. The van der Waals surface area contributed by atoms with Gasteiger partial charge in [-0.25, -0.2) is 0 Å². The van der Waals surface area contributed by atoms with Crippen molar-refractivity contribution in [3.05, 3.63) is 69.6 Å². The summed E-state index contributed by atoms with van der Waals surface area (Å²) in [5.74, 6) is -0.0995. The second-order valence-corrected chi connectivity index (χ2v) is 8.51. The van der Waals surface area contributed by atoms with E-state index in [4.69, 9.17) is 0 Å². The molecule has 4 atom stereocenters. The molecule has 2 aliphatic heterocycles. The Hall–Kier alpha value is -2.44. The zero-order valence-corrected chi connectivity index (χ0v) is 16.6. The number of nitrogens with zero attached hydrogens (tertiary/aromatic N) is 2. The van der Waals surface area contributed by atoms with Gasteiger partial charge in [0.25, 0.3) is 5.56 Å². The number of hydrogen-bond donors (Lipinski definition) is 2. The predicted octanol–water partition coefficient (Wildman–Crippen LogP) is 1.12. The van der Waals surface area contributed by atoms with Crippen LogP contribution in [-0.4, -0.2) is 45.7 Å². The van der Waals surface area contributed by atoms with Crippen LogP contribution in [0, 0.1) is 11.8 Å². The van der Waals surface area contributed by atoms with Gasteiger partial charge < -0.3 is 15.0 Å². The van der Waals surface area contributed by atoms with E-state index in [0.29, 0.717) is 13.1 Å². The summed E-state index contributed by atoms with van der Waals surface area (Å²) < 4.78 is 1.81. The van der Waals surface area contributed by atoms with Crippen molar-refractivity contribution in [2.24, 2.45) is 11.8 Å². The molecule has 1 fully saturated rings. The number of hydrogen-bond acceptors (Lipinski definition) is 4. The van der Waals surface area contributed by atoms with Gasteiger partial charge in [0.2, 0.25) is 5.91 Å². The molecular formula is C23H27N3O3. The first-order chi connectivity index (χ1) is 14.1. The highest BCUT2D eigenvalue weighted by molar-refractivity contribution is 5.83. The average molecular weight is 393 g/mol. The molecule has 0 saturated carbocycles. The third-order valence-corrected chi connectivity index (χ3v) is 7.10. The topological polar surface area (TPSA) is 74.6 Å². The molecule has 1 amide bonds. The van der Waals surface area contributed by atoms with Crippen molar-refractivity contribution >= 4 is 5.91 Å². The monoisotopic (exact) mass is 393 g/mol. The van der Waals surface area contributed by atoms with Crippen LogP contribution in [0.15, 0.2) is 47.3 Å². The number of rotatable bonds is 4. The lowest BCUT2D eigenvalue weighted by Gasteiger charge is -2.30. The second-order valence-electron chi connectivity index (χ2n) is 8.51. The van der Waals surface area contributed by atoms with E-state index >= 15 is 0 Å². The van der Waals surface area contributed by atoms with Gasteiger partial charge in [-0.3, -0.25) is 14.5 Å². The van der Waals surface area contributed by atoms with Crippen molar-refractivity contribution in [1.29, 1.82) is 0 Å². The number of carbonyl (C=O) groups excluding carboxylic acids is 1. The van der Waals surface area contributed by atoms with Crippen LogP contribution in [0.4, 0.5) is 0 Å². The van der Waals surface area contributed by atoms with Gasteiger partial charge in [0, 0.05) is 42.8 Å². The van der Waals surface area contributed by atoms with Crippen molar-refractivity contribution < 1.29 is 9.90 Å². The molecule has 1 aromatic carbocycles. The van der Waals surface area contributed by atoms with Gasteiger partial charge in [0.1, 0.15) is 0 Å². The number of fused-ring (bicyclic) bond motifs is 4. The first kappa shape index (κ1) is 18.6. The number of amides is 1. The number of aliphatic hydroxyl groups is 1. The molecular weight excluding hydrogens is 366 g/mol. The maximum absolute atomic E-state index is 13.4. The van der Waals surface area contributed by atoms with E-state index in [1.54, 1.807) is 12.1 Å². The Morgan fingerprint density at radius 2 is 1.86 bits per heavy atom. The van der Waals surface area contributed by atoms with Gasteiger partial charge in [-0.1, -0.05) is 37.3 Å². The highest BCUT2D eigenvalue weighted by atomic mass is 16.3. The molecule has 0 radical (unpaired) electrons. The van der Waals surface area contributed by atoms with Crippen LogP contribution in [0.3, 0.4) is 0 Å². The summed E-state index contributed by atoms with van der Waals surface area (Å²) in [5, 5.41) is 13.5. The predicted molar refractivity (Wildman–Crippen MR) is 109 cm³/mol. The normalized spacial score (nSPS) is 28.2. The van der Waals surface area contributed by atoms with Crippen LogP contribution >= 0.6 is 0 Å². The largest absolute Gasteiger partial charge is 0.396 e. The Labute approximate surface area is 170 Å².